The van der Waals surface area contributed by atoms with Crippen LogP contribution in [0.4, 0.5) is 24.7 Å². The predicted molar refractivity (Wildman–Crippen MR) is 107 cm³/mol. The van der Waals surface area contributed by atoms with Gasteiger partial charge in [-0.1, -0.05) is 12.1 Å². The average molecular weight is 423 g/mol. The molecule has 2 aromatic rings. The Morgan fingerprint density at radius 3 is 2.77 bits per heavy atom. The minimum Gasteiger partial charge on any atom is -0.406 e. The number of pyridine rings is 1. The first-order valence-corrected chi connectivity index (χ1v) is 10.0. The quantitative estimate of drug-likeness (QED) is 0.810. The van der Waals surface area contributed by atoms with Gasteiger partial charge in [-0.3, -0.25) is 4.79 Å². The highest BCUT2D eigenvalue weighted by Gasteiger charge is 2.32. The molecule has 9 heteroatoms. The molecule has 2 saturated heterocycles. The number of hydrogen-bond acceptors (Lipinski definition) is 5. The number of morpholine rings is 1. The van der Waals surface area contributed by atoms with Gasteiger partial charge >= 0.3 is 6.36 Å². The molecule has 0 spiro atoms. The van der Waals surface area contributed by atoms with Crippen LogP contribution in [-0.2, 0) is 4.74 Å². The Kier molecular flexibility index (Phi) is 5.64. The number of rotatable bonds is 4. The third kappa shape index (κ3) is 4.56. The zero-order chi connectivity index (χ0) is 21.3. The van der Waals surface area contributed by atoms with E-state index in [4.69, 9.17) is 4.74 Å². The molecule has 0 aliphatic carbocycles. The van der Waals surface area contributed by atoms with Crippen LogP contribution in [0.1, 0.15) is 31.4 Å². The lowest BCUT2D eigenvalue weighted by Crippen LogP contribution is -2.44. The average Bonchev–Trinajstić information content (AvgIpc) is 3.17. The number of aromatic amines is 1. The van der Waals surface area contributed by atoms with E-state index in [-0.39, 0.29) is 23.4 Å². The molecular weight excluding hydrogens is 399 g/mol. The summed E-state index contributed by atoms with van der Waals surface area (Å²) in [5, 5.41) is 0. The smallest absolute Gasteiger partial charge is 0.406 e. The van der Waals surface area contributed by atoms with Gasteiger partial charge in [-0.05, 0) is 37.5 Å². The molecule has 0 unspecified atom stereocenters. The number of benzene rings is 1. The molecule has 0 amide bonds. The number of aromatic nitrogens is 1. The van der Waals surface area contributed by atoms with Gasteiger partial charge in [-0.2, -0.15) is 0 Å². The molecule has 0 saturated carbocycles. The monoisotopic (exact) mass is 423 g/mol. The third-order valence-corrected chi connectivity index (χ3v) is 5.55. The lowest BCUT2D eigenvalue weighted by molar-refractivity contribution is -0.274. The van der Waals surface area contributed by atoms with Crippen LogP contribution in [-0.4, -0.2) is 43.7 Å². The number of nitrogens with zero attached hydrogens (tertiary/aromatic N) is 2. The van der Waals surface area contributed by atoms with Crippen LogP contribution < -0.4 is 20.1 Å². The van der Waals surface area contributed by atoms with E-state index in [0.29, 0.717) is 32.1 Å². The van der Waals surface area contributed by atoms with Crippen LogP contribution in [0.5, 0.6) is 5.75 Å². The van der Waals surface area contributed by atoms with Crippen LogP contribution in [0.15, 0.2) is 41.2 Å². The molecule has 162 valence electrons. The number of hydrogen-bond donors (Lipinski definition) is 1. The molecule has 2 aliphatic heterocycles. The number of anilines is 2. The predicted octanol–water partition coefficient (Wildman–Crippen LogP) is 3.84. The van der Waals surface area contributed by atoms with Crippen molar-refractivity contribution in [1.29, 1.82) is 0 Å². The summed E-state index contributed by atoms with van der Waals surface area (Å²) in [4.78, 5) is 19.5. The Bertz CT molecular complexity index is 947. The second-order valence-corrected chi connectivity index (χ2v) is 7.68. The number of halogens is 3. The van der Waals surface area contributed by atoms with Crippen LogP contribution >= 0.6 is 0 Å². The molecule has 1 aromatic carbocycles. The van der Waals surface area contributed by atoms with E-state index in [9.17, 15) is 18.0 Å². The molecule has 1 aromatic heterocycles. The van der Waals surface area contributed by atoms with Crippen molar-refractivity contribution in [2.24, 2.45) is 0 Å². The number of H-pyrrole nitrogens is 1. The van der Waals surface area contributed by atoms with Gasteiger partial charge in [0.2, 0.25) is 0 Å². The minimum atomic E-state index is -4.73. The molecule has 3 heterocycles. The third-order valence-electron chi connectivity index (χ3n) is 5.55. The summed E-state index contributed by atoms with van der Waals surface area (Å²) in [6.07, 6.45) is -3.09. The molecule has 0 radical (unpaired) electrons. The number of ether oxygens (including phenoxy) is 2. The fraction of sp³-hybridized carbons (Fsp3) is 0.476. The van der Waals surface area contributed by atoms with Crippen molar-refractivity contribution in [3.05, 3.63) is 52.3 Å². The SMILES string of the molecule is C[C@@H]1COCCN1c1cc(N2CCC[C@@H]2c2cccc(OC(F)(F)F)c2)[nH]c(=O)c1. The summed E-state index contributed by atoms with van der Waals surface area (Å²) in [5.74, 6) is 0.428. The second kappa shape index (κ2) is 8.22. The normalized spacial score (nSPS) is 22.4. The largest absolute Gasteiger partial charge is 0.573 e. The molecule has 30 heavy (non-hydrogen) atoms. The van der Waals surface area contributed by atoms with Gasteiger partial charge in [0.05, 0.1) is 19.3 Å². The Hall–Kier alpha value is -2.68. The summed E-state index contributed by atoms with van der Waals surface area (Å²) in [6.45, 7) is 4.65. The summed E-state index contributed by atoms with van der Waals surface area (Å²) < 4.78 is 47.4. The van der Waals surface area contributed by atoms with Crippen molar-refractivity contribution in [1.82, 2.24) is 4.98 Å². The fourth-order valence-corrected chi connectivity index (χ4v) is 4.27. The van der Waals surface area contributed by atoms with Gasteiger partial charge in [-0.25, -0.2) is 0 Å². The Balaban J connectivity index is 1.63. The zero-order valence-corrected chi connectivity index (χ0v) is 16.6. The lowest BCUT2D eigenvalue weighted by Gasteiger charge is -2.36. The zero-order valence-electron chi connectivity index (χ0n) is 16.6. The van der Waals surface area contributed by atoms with E-state index in [0.717, 1.165) is 24.1 Å². The van der Waals surface area contributed by atoms with E-state index >= 15 is 0 Å². The van der Waals surface area contributed by atoms with E-state index in [1.807, 2.05) is 17.9 Å². The Labute approximate surface area is 172 Å². The van der Waals surface area contributed by atoms with Crippen molar-refractivity contribution in [2.45, 2.75) is 38.2 Å². The molecule has 2 aliphatic rings. The standard InChI is InChI=1S/C21H24F3N3O3/c1-14-13-29-9-8-26(14)16-11-19(25-20(28)12-16)27-7-3-6-18(27)15-4-2-5-17(10-15)30-21(22,23)24/h2,4-5,10-12,14,18H,3,6-9,13H2,1H3,(H,25,28)/t14-,18-/m1/s1. The summed E-state index contributed by atoms with van der Waals surface area (Å²) in [5.41, 5.74) is 1.34. The van der Waals surface area contributed by atoms with Gasteiger partial charge in [0.15, 0.2) is 0 Å². The van der Waals surface area contributed by atoms with E-state index < -0.39 is 6.36 Å². The van der Waals surface area contributed by atoms with Crippen LogP contribution in [0.2, 0.25) is 0 Å². The van der Waals surface area contributed by atoms with Crippen molar-refractivity contribution >= 4 is 11.5 Å². The topological polar surface area (TPSA) is 57.8 Å². The van der Waals surface area contributed by atoms with Crippen molar-refractivity contribution < 1.29 is 22.6 Å². The molecule has 1 N–H and O–H groups in total. The van der Waals surface area contributed by atoms with Crippen LogP contribution in [0, 0.1) is 0 Å². The van der Waals surface area contributed by atoms with E-state index in [1.54, 1.807) is 18.2 Å². The van der Waals surface area contributed by atoms with Gasteiger partial charge in [0, 0.05) is 37.0 Å². The molecular formula is C21H24F3N3O3. The Morgan fingerprint density at radius 1 is 1.17 bits per heavy atom. The fourth-order valence-electron chi connectivity index (χ4n) is 4.27. The number of nitrogens with one attached hydrogen (secondary N) is 1. The highest BCUT2D eigenvalue weighted by molar-refractivity contribution is 5.57. The van der Waals surface area contributed by atoms with Crippen molar-refractivity contribution in [3.63, 3.8) is 0 Å². The summed E-state index contributed by atoms with van der Waals surface area (Å²) >= 11 is 0. The maximum absolute atomic E-state index is 12.6. The lowest BCUT2D eigenvalue weighted by atomic mass is 10.0. The maximum atomic E-state index is 12.6. The first-order valence-electron chi connectivity index (χ1n) is 10.0. The number of alkyl halides is 3. The van der Waals surface area contributed by atoms with Crippen LogP contribution in [0.3, 0.4) is 0 Å². The van der Waals surface area contributed by atoms with Crippen LogP contribution in [0.25, 0.3) is 0 Å². The second-order valence-electron chi connectivity index (χ2n) is 7.68. The summed E-state index contributed by atoms with van der Waals surface area (Å²) in [7, 11) is 0. The first kappa shape index (κ1) is 20.6. The van der Waals surface area contributed by atoms with Gasteiger partial charge in [-0.15, -0.1) is 13.2 Å². The van der Waals surface area contributed by atoms with E-state index in [2.05, 4.69) is 14.6 Å². The van der Waals surface area contributed by atoms with Crippen molar-refractivity contribution in [3.8, 4) is 5.75 Å². The first-order chi connectivity index (χ1) is 14.3. The molecule has 2 atom stereocenters. The highest BCUT2D eigenvalue weighted by Crippen LogP contribution is 2.37. The van der Waals surface area contributed by atoms with Gasteiger partial charge in [0.1, 0.15) is 11.6 Å². The van der Waals surface area contributed by atoms with E-state index in [1.165, 1.54) is 12.1 Å². The molecule has 6 nitrogen and oxygen atoms in total. The minimum absolute atomic E-state index is 0.144. The molecule has 0 bridgehead atoms. The Morgan fingerprint density at radius 2 is 2.00 bits per heavy atom. The molecule has 2 fully saturated rings. The van der Waals surface area contributed by atoms with Gasteiger partial charge < -0.3 is 24.3 Å². The van der Waals surface area contributed by atoms with Crippen molar-refractivity contribution in [2.75, 3.05) is 36.1 Å². The van der Waals surface area contributed by atoms with Gasteiger partial charge in [0.25, 0.3) is 5.56 Å². The maximum Gasteiger partial charge on any atom is 0.573 e. The molecule has 4 rings (SSSR count). The summed E-state index contributed by atoms with van der Waals surface area (Å²) in [6, 6.07) is 9.58. The highest BCUT2D eigenvalue weighted by atomic mass is 19.4.